The summed E-state index contributed by atoms with van der Waals surface area (Å²) in [7, 11) is 1.94. The van der Waals surface area contributed by atoms with Crippen molar-refractivity contribution in [2.75, 3.05) is 31.6 Å². The number of benzene rings is 1. The third-order valence-electron chi connectivity index (χ3n) is 7.42. The van der Waals surface area contributed by atoms with Gasteiger partial charge >= 0.3 is 0 Å². The van der Waals surface area contributed by atoms with E-state index in [9.17, 15) is 0 Å². The average molecular weight is 419 g/mol. The number of hydrogen-bond donors (Lipinski definition) is 1. The second-order valence-corrected chi connectivity index (χ2v) is 9.51. The Hall–Kier alpha value is -2.51. The lowest BCUT2D eigenvalue weighted by Gasteiger charge is -2.32. The van der Waals surface area contributed by atoms with Crippen LogP contribution in [0.1, 0.15) is 25.7 Å². The molecule has 0 bridgehead atoms. The molecule has 0 amide bonds. The molecule has 1 aliphatic carbocycles. The smallest absolute Gasteiger partial charge is 0.148 e. The van der Waals surface area contributed by atoms with Crippen molar-refractivity contribution in [1.82, 2.24) is 24.9 Å². The van der Waals surface area contributed by atoms with Crippen LogP contribution in [0.5, 0.6) is 0 Å². The van der Waals surface area contributed by atoms with Crippen molar-refractivity contribution in [3.05, 3.63) is 36.5 Å². The Balaban J connectivity index is 1.07. The first-order valence-corrected chi connectivity index (χ1v) is 11.6. The van der Waals surface area contributed by atoms with Crippen molar-refractivity contribution in [3.63, 3.8) is 0 Å². The fourth-order valence-electron chi connectivity index (χ4n) is 5.88. The number of fused-ring (bicyclic) bond motifs is 2. The SMILES string of the molecule is Cn1cc2cc(-c3ccc(N[C@@H]4C[C@@H]5CN(C6CCOCC6)C[C@@H]5C4)nn3)ccc2n1. The number of anilines is 1. The number of likely N-dealkylation sites (tertiary alicyclic amines) is 1. The van der Waals surface area contributed by atoms with Gasteiger partial charge in [0, 0.05) is 62.6 Å². The van der Waals surface area contributed by atoms with E-state index >= 15 is 0 Å². The third-order valence-corrected chi connectivity index (χ3v) is 7.42. The first kappa shape index (κ1) is 19.2. The number of rotatable bonds is 4. The van der Waals surface area contributed by atoms with Crippen LogP contribution < -0.4 is 5.32 Å². The zero-order chi connectivity index (χ0) is 20.8. The molecule has 2 saturated heterocycles. The monoisotopic (exact) mass is 418 g/mol. The minimum absolute atomic E-state index is 0.513. The fraction of sp³-hybridized carbons (Fsp3) is 0.542. The second kappa shape index (κ2) is 7.88. The lowest BCUT2D eigenvalue weighted by atomic mass is 10.0. The molecule has 31 heavy (non-hydrogen) atoms. The molecule has 1 aromatic carbocycles. The Kier molecular flexibility index (Phi) is 4.88. The molecular weight excluding hydrogens is 388 g/mol. The zero-order valence-corrected chi connectivity index (χ0v) is 18.1. The van der Waals surface area contributed by atoms with E-state index in [0.717, 1.165) is 59.1 Å². The highest BCUT2D eigenvalue weighted by Crippen LogP contribution is 2.40. The minimum atomic E-state index is 0.513. The van der Waals surface area contributed by atoms with Crippen LogP contribution in [0.25, 0.3) is 22.2 Å². The molecule has 162 valence electrons. The summed E-state index contributed by atoms with van der Waals surface area (Å²) in [6.45, 7) is 4.39. The molecule has 1 N–H and O–H groups in total. The maximum Gasteiger partial charge on any atom is 0.148 e. The van der Waals surface area contributed by atoms with Gasteiger partial charge in [-0.3, -0.25) is 9.58 Å². The Morgan fingerprint density at radius 1 is 1.00 bits per heavy atom. The normalized spacial score (nSPS) is 27.1. The number of ether oxygens (including phenoxy) is 1. The van der Waals surface area contributed by atoms with Gasteiger partial charge in [0.2, 0.25) is 0 Å². The van der Waals surface area contributed by atoms with Crippen LogP contribution in [0.4, 0.5) is 5.82 Å². The number of nitrogens with one attached hydrogen (secondary N) is 1. The predicted octanol–water partition coefficient (Wildman–Crippen LogP) is 3.33. The Labute approximate surface area is 182 Å². The van der Waals surface area contributed by atoms with E-state index in [4.69, 9.17) is 4.74 Å². The number of aromatic nitrogens is 4. The Bertz CT molecular complexity index is 1040. The van der Waals surface area contributed by atoms with E-state index in [1.807, 2.05) is 24.0 Å². The van der Waals surface area contributed by atoms with Gasteiger partial charge in [-0.2, -0.15) is 5.10 Å². The summed E-state index contributed by atoms with van der Waals surface area (Å²) < 4.78 is 7.38. The summed E-state index contributed by atoms with van der Waals surface area (Å²) in [5.74, 6) is 2.52. The van der Waals surface area contributed by atoms with Gasteiger partial charge in [-0.1, -0.05) is 6.07 Å². The molecule has 0 unspecified atom stereocenters. The molecule has 3 aliphatic rings. The van der Waals surface area contributed by atoms with Gasteiger partial charge in [0.25, 0.3) is 0 Å². The molecule has 4 heterocycles. The maximum atomic E-state index is 5.54. The summed E-state index contributed by atoms with van der Waals surface area (Å²) in [5.41, 5.74) is 2.97. The highest BCUT2D eigenvalue weighted by atomic mass is 16.5. The summed E-state index contributed by atoms with van der Waals surface area (Å²) in [6.07, 6.45) is 6.92. The highest BCUT2D eigenvalue weighted by molar-refractivity contribution is 5.83. The zero-order valence-electron chi connectivity index (χ0n) is 18.1. The lowest BCUT2D eigenvalue weighted by molar-refractivity contribution is 0.0396. The van der Waals surface area contributed by atoms with Crippen LogP contribution in [0.3, 0.4) is 0 Å². The molecule has 2 aromatic heterocycles. The molecule has 3 aromatic rings. The van der Waals surface area contributed by atoms with Crippen molar-refractivity contribution in [2.24, 2.45) is 18.9 Å². The molecule has 1 saturated carbocycles. The summed E-state index contributed by atoms with van der Waals surface area (Å²) in [5, 5.41) is 18.2. The maximum absolute atomic E-state index is 5.54. The Morgan fingerprint density at radius 2 is 1.81 bits per heavy atom. The number of nitrogens with zero attached hydrogens (tertiary/aromatic N) is 5. The van der Waals surface area contributed by atoms with Gasteiger partial charge < -0.3 is 10.1 Å². The molecule has 2 aliphatic heterocycles. The van der Waals surface area contributed by atoms with E-state index in [1.165, 1.54) is 38.8 Å². The molecule has 0 spiro atoms. The molecule has 7 nitrogen and oxygen atoms in total. The average Bonchev–Trinajstić information content (AvgIpc) is 3.46. The molecule has 7 heteroatoms. The molecule has 3 atom stereocenters. The van der Waals surface area contributed by atoms with Crippen molar-refractivity contribution in [2.45, 2.75) is 37.8 Å². The first-order chi connectivity index (χ1) is 15.2. The van der Waals surface area contributed by atoms with Crippen LogP contribution in [0.15, 0.2) is 36.5 Å². The van der Waals surface area contributed by atoms with Crippen LogP contribution in [-0.4, -0.2) is 63.3 Å². The van der Waals surface area contributed by atoms with Crippen molar-refractivity contribution in [1.29, 1.82) is 0 Å². The highest BCUT2D eigenvalue weighted by Gasteiger charge is 2.42. The van der Waals surface area contributed by atoms with E-state index in [-0.39, 0.29) is 0 Å². The largest absolute Gasteiger partial charge is 0.381 e. The molecule has 6 rings (SSSR count). The quantitative estimate of drug-likeness (QED) is 0.701. The van der Waals surface area contributed by atoms with Gasteiger partial charge in [0.15, 0.2) is 0 Å². The van der Waals surface area contributed by atoms with Crippen molar-refractivity contribution in [3.8, 4) is 11.3 Å². The van der Waals surface area contributed by atoms with Gasteiger partial charge in [0.1, 0.15) is 5.82 Å². The van der Waals surface area contributed by atoms with Crippen molar-refractivity contribution < 1.29 is 4.74 Å². The molecular formula is C24H30N6O. The lowest BCUT2D eigenvalue weighted by Crippen LogP contribution is -2.39. The van der Waals surface area contributed by atoms with Gasteiger partial charge in [-0.05, 0) is 61.8 Å². The second-order valence-electron chi connectivity index (χ2n) is 9.51. The number of aryl methyl sites for hydroxylation is 1. The predicted molar refractivity (Wildman–Crippen MR) is 121 cm³/mol. The van der Waals surface area contributed by atoms with Gasteiger partial charge in [-0.25, -0.2) is 0 Å². The van der Waals surface area contributed by atoms with Crippen LogP contribution >= 0.6 is 0 Å². The first-order valence-electron chi connectivity index (χ1n) is 11.6. The molecule has 0 radical (unpaired) electrons. The van der Waals surface area contributed by atoms with E-state index < -0.39 is 0 Å². The van der Waals surface area contributed by atoms with E-state index in [1.54, 1.807) is 0 Å². The summed E-state index contributed by atoms with van der Waals surface area (Å²) in [6, 6.07) is 11.6. The van der Waals surface area contributed by atoms with Crippen LogP contribution in [0.2, 0.25) is 0 Å². The summed E-state index contributed by atoms with van der Waals surface area (Å²) >= 11 is 0. The minimum Gasteiger partial charge on any atom is -0.381 e. The number of hydrogen-bond acceptors (Lipinski definition) is 6. The van der Waals surface area contributed by atoms with E-state index in [2.05, 4.69) is 49.8 Å². The van der Waals surface area contributed by atoms with Crippen molar-refractivity contribution >= 4 is 16.7 Å². The summed E-state index contributed by atoms with van der Waals surface area (Å²) in [4.78, 5) is 2.74. The fourth-order valence-corrected chi connectivity index (χ4v) is 5.88. The topological polar surface area (TPSA) is 68.1 Å². The Morgan fingerprint density at radius 3 is 2.55 bits per heavy atom. The molecule has 3 fully saturated rings. The van der Waals surface area contributed by atoms with Crippen LogP contribution in [-0.2, 0) is 11.8 Å². The van der Waals surface area contributed by atoms with Crippen LogP contribution in [0, 0.1) is 11.8 Å². The standard InChI is InChI=1S/C24H30N6O/c1-29-13-19-10-16(2-3-23(19)28-29)22-4-5-24(27-26-22)25-20-11-17-14-30(15-18(17)12-20)21-6-8-31-9-7-21/h2-5,10,13,17-18,20-21H,6-9,11-12,14-15H2,1H3,(H,25,27)/t17-,18+,20-. The third kappa shape index (κ3) is 3.81. The van der Waals surface area contributed by atoms with E-state index in [0.29, 0.717) is 6.04 Å². The van der Waals surface area contributed by atoms with Gasteiger partial charge in [0.05, 0.1) is 11.2 Å². The van der Waals surface area contributed by atoms with Gasteiger partial charge in [-0.15, -0.1) is 10.2 Å².